The Hall–Kier alpha value is -3.29. The fourth-order valence-corrected chi connectivity index (χ4v) is 3.21. The number of benzene rings is 1. The monoisotopic (exact) mass is 344 g/mol. The largest absolute Gasteiger partial charge is 0.340 e. The van der Waals surface area contributed by atoms with Gasteiger partial charge < -0.3 is 4.57 Å². The highest BCUT2D eigenvalue weighted by molar-refractivity contribution is 5.79. The van der Waals surface area contributed by atoms with Crippen molar-refractivity contribution in [2.24, 2.45) is 7.05 Å². The first-order valence-electron chi connectivity index (χ1n) is 8.46. The third-order valence-electron chi connectivity index (χ3n) is 4.51. The number of aromatic nitrogens is 4. The van der Waals surface area contributed by atoms with Gasteiger partial charge in [0.1, 0.15) is 5.69 Å². The van der Waals surface area contributed by atoms with Crippen molar-refractivity contribution in [1.82, 2.24) is 25.1 Å². The van der Waals surface area contributed by atoms with E-state index in [-0.39, 0.29) is 0 Å². The zero-order valence-electron chi connectivity index (χ0n) is 14.3. The standard InChI is InChI=1S/C19H17N7/c1-25-11-18(21-12-25)16-6-7-17-19(22-16)26(24-23-17)10-13-4-5-15-14(9-13)3-2-8-20-15/h2-9,11-12,23-24H,10H2,1H3/p+1. The molecule has 1 aromatic carbocycles. The van der Waals surface area contributed by atoms with Gasteiger partial charge in [0.05, 0.1) is 24.1 Å². The first-order chi connectivity index (χ1) is 12.8. The van der Waals surface area contributed by atoms with Crippen LogP contribution < -0.4 is 16.0 Å². The van der Waals surface area contributed by atoms with Crippen molar-refractivity contribution in [2.75, 3.05) is 5.01 Å². The molecule has 0 unspecified atom stereocenters. The van der Waals surface area contributed by atoms with Gasteiger partial charge in [-0.1, -0.05) is 17.7 Å². The summed E-state index contributed by atoms with van der Waals surface area (Å²) in [5.74, 6) is 0.916. The molecular formula is C19H18N7+. The first kappa shape index (κ1) is 15.0. The maximum absolute atomic E-state index is 4.82. The van der Waals surface area contributed by atoms with Crippen molar-refractivity contribution in [3.8, 4) is 11.4 Å². The average Bonchev–Trinajstić information content (AvgIpc) is 3.28. The molecule has 0 spiro atoms. The first-order valence-corrected chi connectivity index (χ1v) is 8.46. The number of pyridine rings is 2. The maximum atomic E-state index is 4.82. The number of hydrogen-bond donors (Lipinski definition) is 2. The minimum Gasteiger partial charge on any atom is -0.340 e. The van der Waals surface area contributed by atoms with E-state index >= 15 is 0 Å². The van der Waals surface area contributed by atoms with Crippen LogP contribution in [0.5, 0.6) is 0 Å². The Morgan fingerprint density at radius 1 is 1.08 bits per heavy atom. The van der Waals surface area contributed by atoms with Crippen LogP contribution in [0.1, 0.15) is 5.56 Å². The molecule has 0 atom stereocenters. The highest BCUT2D eigenvalue weighted by Gasteiger charge is 2.25. The molecule has 0 fully saturated rings. The molecule has 3 N–H and O–H groups in total. The molecule has 3 aromatic heterocycles. The normalized spacial score (nSPS) is 13.3. The highest BCUT2D eigenvalue weighted by Crippen LogP contribution is 2.27. The predicted octanol–water partition coefficient (Wildman–Crippen LogP) is 1.66. The lowest BCUT2D eigenvalue weighted by molar-refractivity contribution is -0.626. The van der Waals surface area contributed by atoms with E-state index < -0.39 is 0 Å². The molecule has 26 heavy (non-hydrogen) atoms. The summed E-state index contributed by atoms with van der Waals surface area (Å²) < 4.78 is 1.93. The van der Waals surface area contributed by atoms with Gasteiger partial charge in [-0.3, -0.25) is 4.98 Å². The summed E-state index contributed by atoms with van der Waals surface area (Å²) in [6, 6.07) is 14.5. The zero-order valence-corrected chi connectivity index (χ0v) is 14.3. The maximum Gasteiger partial charge on any atom is 0.212 e. The van der Waals surface area contributed by atoms with Gasteiger partial charge in [0.15, 0.2) is 5.69 Å². The van der Waals surface area contributed by atoms with Gasteiger partial charge >= 0.3 is 0 Å². The number of hydrogen-bond acceptors (Lipinski definition) is 5. The predicted molar refractivity (Wildman–Crippen MR) is 99.1 cm³/mol. The molecule has 0 amide bonds. The minimum absolute atomic E-state index is 0.715. The van der Waals surface area contributed by atoms with Gasteiger partial charge in [-0.2, -0.15) is 0 Å². The van der Waals surface area contributed by atoms with E-state index in [1.165, 1.54) is 5.56 Å². The van der Waals surface area contributed by atoms with Gasteiger partial charge in [0.2, 0.25) is 5.82 Å². The summed E-state index contributed by atoms with van der Waals surface area (Å²) in [7, 11) is 1.96. The van der Waals surface area contributed by atoms with E-state index in [9.17, 15) is 0 Å². The summed E-state index contributed by atoms with van der Waals surface area (Å²) >= 11 is 0. The molecule has 128 valence electrons. The molecule has 0 saturated carbocycles. The second-order valence-corrected chi connectivity index (χ2v) is 6.42. The lowest BCUT2D eigenvalue weighted by Gasteiger charge is -2.15. The van der Waals surface area contributed by atoms with Gasteiger partial charge in [0, 0.05) is 30.9 Å². The Balaban J connectivity index is 1.46. The zero-order chi connectivity index (χ0) is 17.5. The van der Waals surface area contributed by atoms with E-state index in [0.717, 1.165) is 33.8 Å². The van der Waals surface area contributed by atoms with Crippen molar-refractivity contribution in [1.29, 1.82) is 0 Å². The molecule has 5 rings (SSSR count). The van der Waals surface area contributed by atoms with Crippen LogP contribution in [0.15, 0.2) is 61.2 Å². The van der Waals surface area contributed by atoms with Crippen molar-refractivity contribution < 1.29 is 5.43 Å². The molecular weight excluding hydrogens is 326 g/mol. The number of imidazole rings is 1. The second kappa shape index (κ2) is 5.91. The summed E-state index contributed by atoms with van der Waals surface area (Å²) in [6.45, 7) is 0.715. The van der Waals surface area contributed by atoms with E-state index in [2.05, 4.69) is 50.8 Å². The lowest BCUT2D eigenvalue weighted by atomic mass is 10.1. The molecule has 1 aliphatic rings. The molecule has 7 heteroatoms. The molecule has 0 bridgehead atoms. The number of rotatable bonds is 3. The summed E-state index contributed by atoms with van der Waals surface area (Å²) in [5.41, 5.74) is 10.3. The fraction of sp³-hybridized carbons (Fsp3) is 0.105. The van der Waals surface area contributed by atoms with Crippen LogP contribution in [-0.2, 0) is 13.6 Å². The Kier molecular flexibility index (Phi) is 3.41. The highest BCUT2D eigenvalue weighted by atomic mass is 15.7. The SMILES string of the molecule is Cn1cnc(-c2ccc3c(n2)N(Cc2ccc4ncccc4c2)N[NH2+]3)c1. The molecule has 0 aliphatic carbocycles. The molecule has 7 nitrogen and oxygen atoms in total. The van der Waals surface area contributed by atoms with Crippen LogP contribution in [0.25, 0.3) is 22.3 Å². The Morgan fingerprint density at radius 3 is 2.92 bits per heavy atom. The van der Waals surface area contributed by atoms with E-state index in [4.69, 9.17) is 4.98 Å². The number of hydrazine groups is 1. The summed E-state index contributed by atoms with van der Waals surface area (Å²) in [4.78, 5) is 13.6. The van der Waals surface area contributed by atoms with Crippen LogP contribution in [0.2, 0.25) is 0 Å². The third kappa shape index (κ3) is 2.59. The van der Waals surface area contributed by atoms with Crippen molar-refractivity contribution in [3.63, 3.8) is 0 Å². The van der Waals surface area contributed by atoms with Crippen molar-refractivity contribution in [2.45, 2.75) is 6.54 Å². The van der Waals surface area contributed by atoms with Crippen LogP contribution in [0.4, 0.5) is 11.5 Å². The lowest BCUT2D eigenvalue weighted by Crippen LogP contribution is -2.87. The molecule has 4 aromatic rings. The molecule has 0 radical (unpaired) electrons. The minimum atomic E-state index is 0.715. The van der Waals surface area contributed by atoms with E-state index in [1.807, 2.05) is 41.6 Å². The number of fused-ring (bicyclic) bond motifs is 2. The summed E-state index contributed by atoms with van der Waals surface area (Å²) in [5, 5.41) is 3.20. The van der Waals surface area contributed by atoms with Crippen molar-refractivity contribution in [3.05, 3.63) is 66.7 Å². The number of nitrogens with zero attached hydrogens (tertiary/aromatic N) is 5. The van der Waals surface area contributed by atoms with Gasteiger partial charge in [0.25, 0.3) is 0 Å². The quantitative estimate of drug-likeness (QED) is 0.553. The number of aryl methyl sites for hydroxylation is 1. The van der Waals surface area contributed by atoms with Crippen LogP contribution in [0, 0.1) is 0 Å². The number of nitrogens with one attached hydrogen (secondary N) is 1. The van der Waals surface area contributed by atoms with E-state index in [0.29, 0.717) is 6.54 Å². The van der Waals surface area contributed by atoms with Crippen LogP contribution in [0.3, 0.4) is 0 Å². The fourth-order valence-electron chi connectivity index (χ4n) is 3.21. The Morgan fingerprint density at radius 2 is 2.04 bits per heavy atom. The smallest absolute Gasteiger partial charge is 0.212 e. The molecule has 0 saturated heterocycles. The number of quaternary nitrogens is 1. The van der Waals surface area contributed by atoms with Gasteiger partial charge in [-0.25, -0.2) is 20.4 Å². The Bertz CT molecular complexity index is 1100. The van der Waals surface area contributed by atoms with Crippen molar-refractivity contribution >= 4 is 22.4 Å². The molecule has 1 aliphatic heterocycles. The number of nitrogens with two attached hydrogens (primary N) is 1. The second-order valence-electron chi connectivity index (χ2n) is 6.42. The Labute approximate surface area is 150 Å². The van der Waals surface area contributed by atoms with Crippen LogP contribution in [-0.4, -0.2) is 19.5 Å². The van der Waals surface area contributed by atoms with E-state index in [1.54, 1.807) is 6.33 Å². The number of anilines is 1. The average molecular weight is 344 g/mol. The third-order valence-corrected chi connectivity index (χ3v) is 4.51. The van der Waals surface area contributed by atoms with Gasteiger partial charge in [-0.15, -0.1) is 0 Å². The van der Waals surface area contributed by atoms with Gasteiger partial charge in [-0.05, 0) is 29.8 Å². The topological polar surface area (TPSA) is 75.5 Å². The molecule has 4 heterocycles. The van der Waals surface area contributed by atoms with Crippen LogP contribution >= 0.6 is 0 Å². The summed E-state index contributed by atoms with van der Waals surface area (Å²) in [6.07, 6.45) is 5.58.